The Morgan fingerprint density at radius 1 is 1.44 bits per heavy atom. The molecule has 0 aliphatic heterocycles. The van der Waals surface area contributed by atoms with E-state index in [4.69, 9.17) is 4.74 Å². The first-order chi connectivity index (χ1) is 4.38. The molecule has 0 aromatic carbocycles. The summed E-state index contributed by atoms with van der Waals surface area (Å²) < 4.78 is 5.25. The highest BCUT2D eigenvalue weighted by molar-refractivity contribution is 4.82. The summed E-state index contributed by atoms with van der Waals surface area (Å²) in [6.07, 6.45) is 4.27. The molecule has 2 atom stereocenters. The Bertz CT molecular complexity index is 75.0. The van der Waals surface area contributed by atoms with Crippen molar-refractivity contribution < 1.29 is 4.74 Å². The van der Waals surface area contributed by atoms with Gasteiger partial charge in [0.05, 0.1) is 6.10 Å². The highest BCUT2D eigenvalue weighted by Crippen LogP contribution is 2.20. The molecule has 54 valence electrons. The first kappa shape index (κ1) is 7.03. The maximum atomic E-state index is 5.25. The minimum absolute atomic E-state index is 0.468. The van der Waals surface area contributed by atoms with Crippen LogP contribution >= 0.6 is 0 Å². The minimum Gasteiger partial charge on any atom is -0.380 e. The second kappa shape index (κ2) is 3.18. The van der Waals surface area contributed by atoms with Gasteiger partial charge in [0.25, 0.3) is 0 Å². The van der Waals surface area contributed by atoms with Crippen LogP contribution in [0.15, 0.2) is 0 Å². The van der Waals surface area contributed by atoms with Gasteiger partial charge >= 0.3 is 0 Å². The van der Waals surface area contributed by atoms with Crippen molar-refractivity contribution in [3.63, 3.8) is 0 Å². The number of methoxy groups -OCH3 is 1. The van der Waals surface area contributed by atoms with E-state index in [0.717, 1.165) is 0 Å². The number of nitrogens with one attached hydrogen (secondary N) is 1. The Morgan fingerprint density at radius 3 is 2.67 bits per heavy atom. The summed E-state index contributed by atoms with van der Waals surface area (Å²) in [6, 6.07) is 0.606. The summed E-state index contributed by atoms with van der Waals surface area (Å²) in [6.45, 7) is 0. The van der Waals surface area contributed by atoms with Crippen LogP contribution in [0.3, 0.4) is 0 Å². The largest absolute Gasteiger partial charge is 0.380 e. The Balaban J connectivity index is 2.32. The Morgan fingerprint density at radius 2 is 2.22 bits per heavy atom. The molecule has 0 radical (unpaired) electrons. The quantitative estimate of drug-likeness (QED) is 0.594. The van der Waals surface area contributed by atoms with E-state index in [1.54, 1.807) is 7.11 Å². The van der Waals surface area contributed by atoms with Crippen molar-refractivity contribution in [1.29, 1.82) is 0 Å². The zero-order valence-corrected chi connectivity index (χ0v) is 6.18. The van der Waals surface area contributed by atoms with Crippen molar-refractivity contribution in [2.75, 3.05) is 14.2 Å². The Labute approximate surface area is 56.6 Å². The van der Waals surface area contributed by atoms with Gasteiger partial charge < -0.3 is 10.1 Å². The van der Waals surface area contributed by atoms with Crippen molar-refractivity contribution in [2.45, 2.75) is 31.4 Å². The lowest BCUT2D eigenvalue weighted by Gasteiger charge is -2.16. The highest BCUT2D eigenvalue weighted by Gasteiger charge is 2.24. The van der Waals surface area contributed by atoms with E-state index >= 15 is 0 Å². The lowest BCUT2D eigenvalue weighted by molar-refractivity contribution is 0.0876. The molecule has 0 unspecified atom stereocenters. The molecule has 1 aliphatic carbocycles. The van der Waals surface area contributed by atoms with E-state index in [2.05, 4.69) is 5.32 Å². The molecular weight excluding hydrogens is 114 g/mol. The molecule has 0 heterocycles. The first-order valence-electron chi connectivity index (χ1n) is 3.58. The van der Waals surface area contributed by atoms with Gasteiger partial charge in [-0.25, -0.2) is 0 Å². The molecule has 0 amide bonds. The van der Waals surface area contributed by atoms with E-state index in [9.17, 15) is 0 Å². The van der Waals surface area contributed by atoms with Crippen molar-refractivity contribution in [3.8, 4) is 0 Å². The monoisotopic (exact) mass is 129 g/mol. The third-order valence-corrected chi connectivity index (χ3v) is 2.13. The standard InChI is InChI=1S/C7H15NO/c1-8-6-4-3-5-7(6)9-2/h6-8H,3-5H2,1-2H3/t6-,7+/m0/s1. The van der Waals surface area contributed by atoms with Crippen LogP contribution in [-0.4, -0.2) is 26.3 Å². The predicted octanol–water partition coefficient (Wildman–Crippen LogP) is 0.773. The van der Waals surface area contributed by atoms with Crippen molar-refractivity contribution in [2.24, 2.45) is 0 Å². The number of ether oxygens (including phenoxy) is 1. The lowest BCUT2D eigenvalue weighted by atomic mass is 10.2. The zero-order chi connectivity index (χ0) is 6.69. The van der Waals surface area contributed by atoms with Gasteiger partial charge in [-0.05, 0) is 26.3 Å². The van der Waals surface area contributed by atoms with E-state index < -0.39 is 0 Å². The maximum absolute atomic E-state index is 5.25. The molecule has 1 N–H and O–H groups in total. The number of hydrogen-bond donors (Lipinski definition) is 1. The van der Waals surface area contributed by atoms with Crippen molar-refractivity contribution in [3.05, 3.63) is 0 Å². The van der Waals surface area contributed by atoms with Crippen LogP contribution in [0.1, 0.15) is 19.3 Å². The summed E-state index contributed by atoms with van der Waals surface area (Å²) >= 11 is 0. The van der Waals surface area contributed by atoms with Gasteiger partial charge in [0.15, 0.2) is 0 Å². The molecule has 1 aliphatic rings. The van der Waals surface area contributed by atoms with Gasteiger partial charge in [0, 0.05) is 13.2 Å². The van der Waals surface area contributed by atoms with Gasteiger partial charge in [0.1, 0.15) is 0 Å². The summed E-state index contributed by atoms with van der Waals surface area (Å²) in [5.74, 6) is 0. The number of likely N-dealkylation sites (N-methyl/N-ethyl adjacent to an activating group) is 1. The molecule has 0 bridgehead atoms. The van der Waals surface area contributed by atoms with E-state index in [-0.39, 0.29) is 0 Å². The third kappa shape index (κ3) is 1.43. The zero-order valence-electron chi connectivity index (χ0n) is 6.18. The van der Waals surface area contributed by atoms with E-state index in [1.807, 2.05) is 7.05 Å². The maximum Gasteiger partial charge on any atom is 0.0724 e. The molecule has 1 rings (SSSR count). The molecule has 1 fully saturated rings. The highest BCUT2D eigenvalue weighted by atomic mass is 16.5. The molecule has 2 nitrogen and oxygen atoms in total. The fourth-order valence-electron chi connectivity index (χ4n) is 1.54. The van der Waals surface area contributed by atoms with Gasteiger partial charge in [-0.1, -0.05) is 0 Å². The topological polar surface area (TPSA) is 21.3 Å². The minimum atomic E-state index is 0.468. The molecule has 0 saturated heterocycles. The predicted molar refractivity (Wildman–Crippen MR) is 37.5 cm³/mol. The molecule has 9 heavy (non-hydrogen) atoms. The van der Waals surface area contributed by atoms with E-state index in [0.29, 0.717) is 12.1 Å². The second-order valence-corrected chi connectivity index (χ2v) is 2.60. The van der Waals surface area contributed by atoms with Crippen LogP contribution in [0.2, 0.25) is 0 Å². The normalized spacial score (nSPS) is 35.3. The van der Waals surface area contributed by atoms with Crippen LogP contribution < -0.4 is 5.32 Å². The summed E-state index contributed by atoms with van der Waals surface area (Å²) in [5, 5.41) is 3.24. The fraction of sp³-hybridized carbons (Fsp3) is 1.00. The van der Waals surface area contributed by atoms with E-state index in [1.165, 1.54) is 19.3 Å². The summed E-state index contributed by atoms with van der Waals surface area (Å²) in [4.78, 5) is 0. The van der Waals surface area contributed by atoms with Crippen LogP contribution in [-0.2, 0) is 4.74 Å². The molecule has 2 heteroatoms. The molecular formula is C7H15NO. The average Bonchev–Trinajstić information content (AvgIpc) is 2.33. The van der Waals surface area contributed by atoms with Crippen LogP contribution in [0, 0.1) is 0 Å². The average molecular weight is 129 g/mol. The lowest BCUT2D eigenvalue weighted by Crippen LogP contribution is -2.33. The van der Waals surface area contributed by atoms with Gasteiger partial charge in [-0.3, -0.25) is 0 Å². The van der Waals surface area contributed by atoms with Crippen LogP contribution in [0.25, 0.3) is 0 Å². The van der Waals surface area contributed by atoms with Gasteiger partial charge in [-0.2, -0.15) is 0 Å². The molecule has 0 aromatic heterocycles. The van der Waals surface area contributed by atoms with Crippen molar-refractivity contribution in [1.82, 2.24) is 5.32 Å². The first-order valence-corrected chi connectivity index (χ1v) is 3.58. The number of rotatable bonds is 2. The van der Waals surface area contributed by atoms with Crippen LogP contribution in [0.5, 0.6) is 0 Å². The third-order valence-electron chi connectivity index (χ3n) is 2.13. The summed E-state index contributed by atoms with van der Waals surface area (Å²) in [7, 11) is 3.79. The smallest absolute Gasteiger partial charge is 0.0724 e. The van der Waals surface area contributed by atoms with Gasteiger partial charge in [-0.15, -0.1) is 0 Å². The van der Waals surface area contributed by atoms with Crippen LogP contribution in [0.4, 0.5) is 0 Å². The molecule has 1 saturated carbocycles. The summed E-state index contributed by atoms with van der Waals surface area (Å²) in [5.41, 5.74) is 0. The molecule has 0 aromatic rings. The number of hydrogen-bond acceptors (Lipinski definition) is 2. The Hall–Kier alpha value is -0.0800. The Kier molecular flexibility index (Phi) is 2.49. The molecule has 0 spiro atoms. The fourth-order valence-corrected chi connectivity index (χ4v) is 1.54. The second-order valence-electron chi connectivity index (χ2n) is 2.60. The van der Waals surface area contributed by atoms with Crippen molar-refractivity contribution >= 4 is 0 Å². The SMILES string of the molecule is CN[C@H]1CCC[C@H]1OC. The van der Waals surface area contributed by atoms with Gasteiger partial charge in [0.2, 0.25) is 0 Å².